The lowest BCUT2D eigenvalue weighted by Gasteiger charge is -1.92. The standard InChI is InChI=1S/C8H7BrN2/c9-4-6-1-2-8-7(3-6)5-10-11-8/h1-3,5H,4H2,(H,10,11). The molecule has 1 aromatic heterocycles. The first-order valence-electron chi connectivity index (χ1n) is 3.38. The van der Waals surface area contributed by atoms with Gasteiger partial charge in [0, 0.05) is 10.7 Å². The Morgan fingerprint density at radius 2 is 2.36 bits per heavy atom. The summed E-state index contributed by atoms with van der Waals surface area (Å²) < 4.78 is 0. The van der Waals surface area contributed by atoms with Gasteiger partial charge in [-0.05, 0) is 17.7 Å². The molecule has 1 N–H and O–H groups in total. The number of alkyl halides is 1. The number of H-pyrrole nitrogens is 1. The lowest BCUT2D eigenvalue weighted by atomic mass is 10.2. The molecule has 0 amide bonds. The number of halogens is 1. The zero-order valence-corrected chi connectivity index (χ0v) is 7.43. The monoisotopic (exact) mass is 210 g/mol. The first-order valence-corrected chi connectivity index (χ1v) is 4.50. The Balaban J connectivity index is 2.67. The average Bonchev–Trinajstić information content (AvgIpc) is 2.50. The van der Waals surface area contributed by atoms with Crippen molar-refractivity contribution in [2.45, 2.75) is 5.33 Å². The Labute approximate surface area is 72.7 Å². The molecule has 0 saturated carbocycles. The molecule has 2 nitrogen and oxygen atoms in total. The second-order valence-electron chi connectivity index (χ2n) is 2.43. The second kappa shape index (κ2) is 2.66. The van der Waals surface area contributed by atoms with Gasteiger partial charge in [0.05, 0.1) is 11.7 Å². The molecule has 0 bridgehead atoms. The van der Waals surface area contributed by atoms with Crippen LogP contribution in [0.2, 0.25) is 0 Å². The summed E-state index contributed by atoms with van der Waals surface area (Å²) in [5, 5.41) is 8.91. The molecule has 0 aliphatic rings. The highest BCUT2D eigenvalue weighted by molar-refractivity contribution is 9.08. The minimum absolute atomic E-state index is 0.897. The number of benzene rings is 1. The third-order valence-corrected chi connectivity index (χ3v) is 2.31. The minimum Gasteiger partial charge on any atom is -0.278 e. The summed E-state index contributed by atoms with van der Waals surface area (Å²) in [4.78, 5) is 0. The SMILES string of the molecule is BrCc1ccc2[nH]ncc2c1. The zero-order valence-electron chi connectivity index (χ0n) is 5.84. The molecule has 1 heterocycles. The molecule has 0 atom stereocenters. The molecule has 2 rings (SSSR count). The summed E-state index contributed by atoms with van der Waals surface area (Å²) in [6.07, 6.45) is 1.83. The summed E-state index contributed by atoms with van der Waals surface area (Å²) in [6.45, 7) is 0. The van der Waals surface area contributed by atoms with Gasteiger partial charge >= 0.3 is 0 Å². The first kappa shape index (κ1) is 6.85. The number of hydrogen-bond donors (Lipinski definition) is 1. The van der Waals surface area contributed by atoms with Crippen LogP contribution in [-0.2, 0) is 5.33 Å². The predicted molar refractivity (Wildman–Crippen MR) is 48.7 cm³/mol. The van der Waals surface area contributed by atoms with E-state index in [2.05, 4.69) is 38.3 Å². The molecule has 0 aliphatic heterocycles. The first-order chi connectivity index (χ1) is 5.40. The fraction of sp³-hybridized carbons (Fsp3) is 0.125. The van der Waals surface area contributed by atoms with Crippen molar-refractivity contribution in [3.63, 3.8) is 0 Å². The highest BCUT2D eigenvalue weighted by atomic mass is 79.9. The Hall–Kier alpha value is -0.830. The van der Waals surface area contributed by atoms with Crippen LogP contribution in [0.4, 0.5) is 0 Å². The van der Waals surface area contributed by atoms with Gasteiger partial charge in [-0.15, -0.1) is 0 Å². The van der Waals surface area contributed by atoms with E-state index in [-0.39, 0.29) is 0 Å². The molecular formula is C8H7BrN2. The van der Waals surface area contributed by atoms with Crippen LogP contribution >= 0.6 is 15.9 Å². The van der Waals surface area contributed by atoms with Gasteiger partial charge in [-0.2, -0.15) is 5.10 Å². The van der Waals surface area contributed by atoms with Gasteiger partial charge in [-0.3, -0.25) is 5.10 Å². The Morgan fingerprint density at radius 3 is 3.18 bits per heavy atom. The maximum atomic E-state index is 3.94. The van der Waals surface area contributed by atoms with E-state index in [9.17, 15) is 0 Å². The van der Waals surface area contributed by atoms with Crippen LogP contribution in [0, 0.1) is 0 Å². The van der Waals surface area contributed by atoms with Crippen molar-refractivity contribution >= 4 is 26.8 Å². The summed E-state index contributed by atoms with van der Waals surface area (Å²) >= 11 is 3.40. The molecule has 0 saturated heterocycles. The van der Waals surface area contributed by atoms with E-state index >= 15 is 0 Å². The van der Waals surface area contributed by atoms with Crippen LogP contribution in [0.15, 0.2) is 24.4 Å². The van der Waals surface area contributed by atoms with E-state index in [1.165, 1.54) is 10.9 Å². The number of fused-ring (bicyclic) bond motifs is 1. The largest absolute Gasteiger partial charge is 0.278 e. The molecule has 3 heteroatoms. The third-order valence-electron chi connectivity index (χ3n) is 1.66. The van der Waals surface area contributed by atoms with Crippen molar-refractivity contribution in [2.75, 3.05) is 0 Å². The topological polar surface area (TPSA) is 28.7 Å². The molecule has 0 spiro atoms. The lowest BCUT2D eigenvalue weighted by Crippen LogP contribution is -1.75. The molecule has 1 aromatic carbocycles. The fourth-order valence-electron chi connectivity index (χ4n) is 1.08. The van der Waals surface area contributed by atoms with Crippen LogP contribution in [0.5, 0.6) is 0 Å². The smallest absolute Gasteiger partial charge is 0.0650 e. The summed E-state index contributed by atoms with van der Waals surface area (Å²) in [5.74, 6) is 0. The molecule has 56 valence electrons. The van der Waals surface area contributed by atoms with Crippen LogP contribution in [0.25, 0.3) is 10.9 Å². The fourth-order valence-corrected chi connectivity index (χ4v) is 1.42. The van der Waals surface area contributed by atoms with Crippen molar-refractivity contribution < 1.29 is 0 Å². The highest BCUT2D eigenvalue weighted by Crippen LogP contribution is 2.14. The Kier molecular flexibility index (Phi) is 1.66. The average molecular weight is 211 g/mol. The van der Waals surface area contributed by atoms with Gasteiger partial charge in [0.2, 0.25) is 0 Å². The van der Waals surface area contributed by atoms with Gasteiger partial charge in [0.25, 0.3) is 0 Å². The van der Waals surface area contributed by atoms with E-state index in [1.807, 2.05) is 12.3 Å². The van der Waals surface area contributed by atoms with Gasteiger partial charge in [-0.25, -0.2) is 0 Å². The minimum atomic E-state index is 0.897. The highest BCUT2D eigenvalue weighted by Gasteiger charge is 1.95. The molecule has 0 radical (unpaired) electrons. The second-order valence-corrected chi connectivity index (χ2v) is 2.99. The zero-order chi connectivity index (χ0) is 7.68. The molecule has 0 unspecified atom stereocenters. The van der Waals surface area contributed by atoms with Crippen molar-refractivity contribution in [3.8, 4) is 0 Å². The quantitative estimate of drug-likeness (QED) is 0.721. The van der Waals surface area contributed by atoms with Crippen LogP contribution in [0.3, 0.4) is 0 Å². The van der Waals surface area contributed by atoms with E-state index in [1.54, 1.807) is 0 Å². The van der Waals surface area contributed by atoms with E-state index < -0.39 is 0 Å². The van der Waals surface area contributed by atoms with Crippen molar-refractivity contribution in [1.82, 2.24) is 10.2 Å². The normalized spacial score (nSPS) is 10.6. The molecule has 11 heavy (non-hydrogen) atoms. The van der Waals surface area contributed by atoms with Crippen LogP contribution < -0.4 is 0 Å². The number of hydrogen-bond acceptors (Lipinski definition) is 1. The number of aromatic nitrogens is 2. The van der Waals surface area contributed by atoms with Gasteiger partial charge in [-0.1, -0.05) is 22.0 Å². The van der Waals surface area contributed by atoms with Gasteiger partial charge in [0.1, 0.15) is 0 Å². The number of nitrogens with zero attached hydrogens (tertiary/aromatic N) is 1. The van der Waals surface area contributed by atoms with Crippen molar-refractivity contribution in [1.29, 1.82) is 0 Å². The maximum absolute atomic E-state index is 3.94. The van der Waals surface area contributed by atoms with Gasteiger partial charge in [0.15, 0.2) is 0 Å². The van der Waals surface area contributed by atoms with Crippen molar-refractivity contribution in [3.05, 3.63) is 30.0 Å². The predicted octanol–water partition coefficient (Wildman–Crippen LogP) is 2.46. The van der Waals surface area contributed by atoms with E-state index in [0.717, 1.165) is 10.8 Å². The number of rotatable bonds is 1. The molecule has 0 aliphatic carbocycles. The summed E-state index contributed by atoms with van der Waals surface area (Å²) in [5.41, 5.74) is 2.37. The molecule has 2 aromatic rings. The Bertz CT molecular complexity index is 367. The van der Waals surface area contributed by atoms with E-state index in [0.29, 0.717) is 0 Å². The number of aromatic amines is 1. The Morgan fingerprint density at radius 1 is 1.45 bits per heavy atom. The lowest BCUT2D eigenvalue weighted by molar-refractivity contribution is 1.12. The van der Waals surface area contributed by atoms with E-state index in [4.69, 9.17) is 0 Å². The summed E-state index contributed by atoms with van der Waals surface area (Å²) in [6, 6.07) is 6.24. The maximum Gasteiger partial charge on any atom is 0.0650 e. The number of nitrogens with one attached hydrogen (secondary N) is 1. The van der Waals surface area contributed by atoms with Gasteiger partial charge < -0.3 is 0 Å². The van der Waals surface area contributed by atoms with Crippen LogP contribution in [0.1, 0.15) is 5.56 Å². The van der Waals surface area contributed by atoms with Crippen molar-refractivity contribution in [2.24, 2.45) is 0 Å². The van der Waals surface area contributed by atoms with Crippen LogP contribution in [-0.4, -0.2) is 10.2 Å². The molecule has 0 fully saturated rings. The summed E-state index contributed by atoms with van der Waals surface area (Å²) in [7, 11) is 0. The molecular weight excluding hydrogens is 204 g/mol. The third kappa shape index (κ3) is 1.16.